The Kier molecular flexibility index (Phi) is 8.86. The summed E-state index contributed by atoms with van der Waals surface area (Å²) in [5.74, 6) is -1.74. The number of esters is 2. The number of piperazine rings is 1. The third kappa shape index (κ3) is 4.80. The van der Waals surface area contributed by atoms with Crippen LogP contribution in [0.5, 0.6) is 17.2 Å². The number of aromatic hydroxyl groups is 1. The molecule has 3 aliphatic heterocycles. The lowest BCUT2D eigenvalue weighted by atomic mass is 9.69. The van der Waals surface area contributed by atoms with Crippen molar-refractivity contribution < 1.29 is 43.2 Å². The number of carbonyl (C=O) groups is 4. The number of hydrogen-bond acceptors (Lipinski definition) is 12. The Morgan fingerprint density at radius 3 is 2.37 bits per heavy atom. The number of fused-ring (bicyclic) bond motifs is 6. The van der Waals surface area contributed by atoms with Crippen LogP contribution in [0.3, 0.4) is 0 Å². The standard InChI is InChI=1S/C34H39N3O9/c1-9-15(3)34(42)45-14-23-25-19(31(46-24(38)10-2)17(5)33(44-8)29(25)40)12-21-27-26-18(28(39)16(4)32(43-7)30(26)41)11-20(36(27)6)22(13-35)37(21)23/h9,20-23,27,40H,10-12,14H2,1-8H3/b15-9-/t20-,21-,22-,23-,27-/m0/s1. The molecule has 46 heavy (non-hydrogen) atoms. The molecule has 0 unspecified atom stereocenters. The van der Waals surface area contributed by atoms with Gasteiger partial charge in [0.25, 0.3) is 0 Å². The summed E-state index contributed by atoms with van der Waals surface area (Å²) >= 11 is 0. The van der Waals surface area contributed by atoms with Crippen molar-refractivity contribution in [2.24, 2.45) is 0 Å². The number of hydrogen-bond donors (Lipinski definition) is 1. The molecule has 0 aromatic heterocycles. The molecule has 1 aromatic carbocycles. The summed E-state index contributed by atoms with van der Waals surface area (Å²) in [6, 6.07) is -1.17. The van der Waals surface area contributed by atoms with Crippen LogP contribution in [-0.4, -0.2) is 90.5 Å². The molecule has 1 N–H and O–H groups in total. The summed E-state index contributed by atoms with van der Waals surface area (Å²) < 4.78 is 22.7. The maximum atomic E-state index is 14.0. The molecule has 1 aromatic rings. The van der Waals surface area contributed by atoms with Crippen LogP contribution in [0, 0.1) is 18.3 Å². The van der Waals surface area contributed by atoms with Crippen molar-refractivity contribution in [2.75, 3.05) is 27.9 Å². The monoisotopic (exact) mass is 633 g/mol. The second-order valence-electron chi connectivity index (χ2n) is 12.0. The Morgan fingerprint density at radius 2 is 1.78 bits per heavy atom. The quantitative estimate of drug-likeness (QED) is 0.203. The zero-order valence-electron chi connectivity index (χ0n) is 27.3. The van der Waals surface area contributed by atoms with Crippen LogP contribution in [0.2, 0.25) is 0 Å². The Hall–Kier alpha value is -4.47. The normalized spacial score (nSPS) is 26.2. The number of rotatable bonds is 7. The van der Waals surface area contributed by atoms with E-state index in [4.69, 9.17) is 18.9 Å². The summed E-state index contributed by atoms with van der Waals surface area (Å²) in [4.78, 5) is 57.1. The van der Waals surface area contributed by atoms with Crippen LogP contribution in [0.1, 0.15) is 63.3 Å². The van der Waals surface area contributed by atoms with Crippen molar-refractivity contribution in [3.05, 3.63) is 50.8 Å². The third-order valence-corrected chi connectivity index (χ3v) is 9.86. The first-order valence-corrected chi connectivity index (χ1v) is 15.3. The molecule has 12 heteroatoms. The van der Waals surface area contributed by atoms with Crippen LogP contribution in [0.4, 0.5) is 0 Å². The van der Waals surface area contributed by atoms with Crippen LogP contribution in [0.25, 0.3) is 0 Å². The molecule has 0 spiro atoms. The van der Waals surface area contributed by atoms with Crippen molar-refractivity contribution in [1.29, 1.82) is 5.26 Å². The second-order valence-corrected chi connectivity index (χ2v) is 12.0. The Morgan fingerprint density at radius 1 is 1.09 bits per heavy atom. The summed E-state index contributed by atoms with van der Waals surface area (Å²) in [5, 5.41) is 22.4. The van der Waals surface area contributed by atoms with E-state index in [1.54, 1.807) is 40.7 Å². The maximum absolute atomic E-state index is 14.0. The highest BCUT2D eigenvalue weighted by Gasteiger charge is 2.59. The van der Waals surface area contributed by atoms with Crippen LogP contribution >= 0.6 is 0 Å². The van der Waals surface area contributed by atoms with Gasteiger partial charge in [0.2, 0.25) is 5.78 Å². The van der Waals surface area contributed by atoms with Crippen LogP contribution in [0.15, 0.2) is 34.1 Å². The number of nitrogens with zero attached hydrogens (tertiary/aromatic N) is 3. The fraction of sp³-hybridized carbons (Fsp3) is 0.500. The van der Waals surface area contributed by atoms with Gasteiger partial charge in [-0.15, -0.1) is 0 Å². The van der Waals surface area contributed by atoms with E-state index >= 15 is 0 Å². The number of carbonyl (C=O) groups excluding carboxylic acids is 4. The number of methoxy groups -OCH3 is 2. The van der Waals surface area contributed by atoms with Crippen LogP contribution in [-0.2, 0) is 35.1 Å². The first kappa shape index (κ1) is 32.9. The zero-order chi connectivity index (χ0) is 33.8. The smallest absolute Gasteiger partial charge is 0.333 e. The predicted octanol–water partition coefficient (Wildman–Crippen LogP) is 3.15. The molecule has 2 bridgehead atoms. The zero-order valence-corrected chi connectivity index (χ0v) is 27.3. The predicted molar refractivity (Wildman–Crippen MR) is 164 cm³/mol. The lowest BCUT2D eigenvalue weighted by Crippen LogP contribution is -2.72. The Labute approximate surface area is 267 Å². The lowest BCUT2D eigenvalue weighted by Gasteiger charge is -2.60. The molecule has 3 heterocycles. The molecule has 4 aliphatic rings. The van der Waals surface area contributed by atoms with E-state index < -0.39 is 47.9 Å². The molecule has 0 saturated carbocycles. The van der Waals surface area contributed by atoms with Gasteiger partial charge in [-0.1, -0.05) is 13.0 Å². The van der Waals surface area contributed by atoms with Crippen molar-refractivity contribution in [1.82, 2.24) is 9.80 Å². The van der Waals surface area contributed by atoms with Gasteiger partial charge in [0.1, 0.15) is 18.4 Å². The van der Waals surface area contributed by atoms with Gasteiger partial charge in [0.05, 0.1) is 32.4 Å². The number of benzene rings is 1. The van der Waals surface area contributed by atoms with Gasteiger partial charge < -0.3 is 24.1 Å². The summed E-state index contributed by atoms with van der Waals surface area (Å²) in [7, 11) is 4.56. The van der Waals surface area contributed by atoms with Gasteiger partial charge in [0, 0.05) is 57.5 Å². The number of phenols is 1. The van der Waals surface area contributed by atoms with Gasteiger partial charge in [-0.3, -0.25) is 24.2 Å². The maximum Gasteiger partial charge on any atom is 0.333 e. The van der Waals surface area contributed by atoms with E-state index in [0.717, 1.165) is 0 Å². The minimum atomic E-state index is -0.907. The van der Waals surface area contributed by atoms with Gasteiger partial charge in [-0.2, -0.15) is 5.26 Å². The fourth-order valence-electron chi connectivity index (χ4n) is 7.51. The van der Waals surface area contributed by atoms with Crippen molar-refractivity contribution in [3.63, 3.8) is 0 Å². The summed E-state index contributed by atoms with van der Waals surface area (Å²) in [5.41, 5.74) is 2.41. The number of likely N-dealkylation sites (N-methyl/N-ethyl adjacent to an activating group) is 1. The first-order valence-electron chi connectivity index (χ1n) is 15.3. The Balaban J connectivity index is 1.79. The van der Waals surface area contributed by atoms with E-state index in [1.165, 1.54) is 14.2 Å². The molecule has 12 nitrogen and oxygen atoms in total. The Bertz CT molecular complexity index is 1680. The average Bonchev–Trinajstić information content (AvgIpc) is 3.04. The lowest BCUT2D eigenvalue weighted by molar-refractivity contribution is -0.144. The summed E-state index contributed by atoms with van der Waals surface area (Å²) in [6.07, 6.45) is 1.97. The van der Waals surface area contributed by atoms with Gasteiger partial charge in [-0.25, -0.2) is 4.79 Å². The van der Waals surface area contributed by atoms with Crippen molar-refractivity contribution >= 4 is 23.5 Å². The van der Waals surface area contributed by atoms with E-state index in [2.05, 4.69) is 6.07 Å². The highest BCUT2D eigenvalue weighted by atomic mass is 16.5. The molecule has 1 saturated heterocycles. The van der Waals surface area contributed by atoms with Crippen LogP contribution < -0.4 is 9.47 Å². The van der Waals surface area contributed by atoms with E-state index in [9.17, 15) is 29.5 Å². The number of ketones is 2. The van der Waals surface area contributed by atoms with E-state index in [1.807, 2.05) is 16.8 Å². The SMILES string of the molecule is C/C=C(/C)C(=O)OC[C@H]1c2c(O)c(OC)c(C)c(OC(=O)CC)c2C[C@H]2[C@H]3C4=C(C[C@@H]([C@H](C#N)N12)N3C)C(=O)C(C)=C(OC)C4=O. The van der Waals surface area contributed by atoms with E-state index in [-0.39, 0.29) is 60.2 Å². The molecule has 1 fully saturated rings. The highest BCUT2D eigenvalue weighted by molar-refractivity contribution is 6.25. The number of ether oxygens (including phenoxy) is 4. The fourth-order valence-corrected chi connectivity index (χ4v) is 7.51. The number of Topliss-reactive ketones (excluding diaryl/α,β-unsaturated/α-hetero) is 2. The highest BCUT2D eigenvalue weighted by Crippen LogP contribution is 2.55. The average molecular weight is 634 g/mol. The molecular formula is C34H39N3O9. The number of allylic oxidation sites excluding steroid dienone is 3. The third-order valence-electron chi connectivity index (χ3n) is 9.86. The number of nitriles is 1. The summed E-state index contributed by atoms with van der Waals surface area (Å²) in [6.45, 7) is 7.95. The van der Waals surface area contributed by atoms with E-state index in [0.29, 0.717) is 33.4 Å². The minimum Gasteiger partial charge on any atom is -0.504 e. The second kappa shape index (κ2) is 12.4. The van der Waals surface area contributed by atoms with Gasteiger partial charge >= 0.3 is 11.9 Å². The van der Waals surface area contributed by atoms with Gasteiger partial charge in [-0.05, 0) is 47.6 Å². The molecule has 5 rings (SSSR count). The first-order chi connectivity index (χ1) is 21.9. The molecule has 244 valence electrons. The molecule has 0 amide bonds. The molecule has 0 radical (unpaired) electrons. The minimum absolute atomic E-state index is 0.0242. The number of phenolic OH excluding ortho intramolecular Hbond substituents is 1. The van der Waals surface area contributed by atoms with Gasteiger partial charge in [0.15, 0.2) is 23.0 Å². The molecule has 5 atom stereocenters. The van der Waals surface area contributed by atoms with Crippen molar-refractivity contribution in [3.8, 4) is 23.3 Å². The molecule has 1 aliphatic carbocycles. The largest absolute Gasteiger partial charge is 0.504 e. The topological polar surface area (TPSA) is 156 Å². The molecular weight excluding hydrogens is 594 g/mol. The van der Waals surface area contributed by atoms with Crippen molar-refractivity contribution in [2.45, 2.75) is 84.1 Å².